The van der Waals surface area contributed by atoms with Gasteiger partial charge in [0.15, 0.2) is 0 Å². The highest BCUT2D eigenvalue weighted by Gasteiger charge is 2.38. The fourth-order valence-corrected chi connectivity index (χ4v) is 7.27. The summed E-state index contributed by atoms with van der Waals surface area (Å²) < 4.78 is 0. The summed E-state index contributed by atoms with van der Waals surface area (Å²) in [5.74, 6) is 6.51. The van der Waals surface area contributed by atoms with Crippen molar-refractivity contribution in [2.24, 2.45) is 23.7 Å². The van der Waals surface area contributed by atoms with Crippen LogP contribution in [0, 0.1) is 37.5 Å². The molecular formula is C25H32S2. The van der Waals surface area contributed by atoms with Crippen LogP contribution in [-0.4, -0.2) is 11.5 Å². The number of thioether (sulfide) groups is 2. The number of hydrogen-bond donors (Lipinski definition) is 0. The molecule has 2 aliphatic carbocycles. The minimum absolute atomic E-state index is 0.943. The zero-order valence-electron chi connectivity index (χ0n) is 16.7. The number of aryl methyl sites for hydroxylation is 2. The molecule has 0 saturated heterocycles. The van der Waals surface area contributed by atoms with Crippen molar-refractivity contribution >= 4 is 23.5 Å². The predicted octanol–water partition coefficient (Wildman–Crippen LogP) is 7.63. The van der Waals surface area contributed by atoms with Crippen LogP contribution >= 0.6 is 23.5 Å². The summed E-state index contributed by atoms with van der Waals surface area (Å²) in [5.41, 5.74) is 2.73. The predicted molar refractivity (Wildman–Crippen MR) is 121 cm³/mol. The van der Waals surface area contributed by atoms with Crippen molar-refractivity contribution in [3.05, 3.63) is 59.7 Å². The Morgan fingerprint density at radius 2 is 1.04 bits per heavy atom. The highest BCUT2D eigenvalue weighted by atomic mass is 32.2. The second-order valence-corrected chi connectivity index (χ2v) is 10.9. The standard InChI is InChI=1S/C25H32S2/c1-18-3-11-24(12-4-18)26-16-22-9-7-21-15-20(22)8-10-23(21)17-27-25-13-5-19(2)6-14-25/h3-6,11-14,20-23H,7-10,15-17H2,1-2H3/t20-,21+,22+,23-. The Morgan fingerprint density at radius 1 is 0.630 bits per heavy atom. The average molecular weight is 397 g/mol. The molecule has 0 unspecified atom stereocenters. The highest BCUT2D eigenvalue weighted by Crippen LogP contribution is 2.48. The van der Waals surface area contributed by atoms with E-state index in [4.69, 9.17) is 0 Å². The third kappa shape index (κ3) is 5.15. The van der Waals surface area contributed by atoms with Gasteiger partial charge in [-0.2, -0.15) is 0 Å². The van der Waals surface area contributed by atoms with Crippen LogP contribution in [-0.2, 0) is 0 Å². The summed E-state index contributed by atoms with van der Waals surface area (Å²) in [6.07, 6.45) is 7.35. The molecule has 2 heteroatoms. The smallest absolute Gasteiger partial charge is 0.00722 e. The molecule has 2 fully saturated rings. The minimum atomic E-state index is 0.943. The molecule has 2 aromatic carbocycles. The molecule has 0 amide bonds. The maximum Gasteiger partial charge on any atom is 0.00722 e. The molecule has 2 bridgehead atoms. The first kappa shape index (κ1) is 19.5. The Labute approximate surface area is 173 Å². The van der Waals surface area contributed by atoms with Gasteiger partial charge in [0, 0.05) is 21.3 Å². The van der Waals surface area contributed by atoms with Crippen LogP contribution in [0.4, 0.5) is 0 Å². The van der Waals surface area contributed by atoms with Gasteiger partial charge in [-0.25, -0.2) is 0 Å². The molecule has 2 saturated carbocycles. The quantitative estimate of drug-likeness (QED) is 0.460. The van der Waals surface area contributed by atoms with Crippen molar-refractivity contribution in [1.29, 1.82) is 0 Å². The minimum Gasteiger partial charge on any atom is -0.126 e. The molecule has 4 atom stereocenters. The van der Waals surface area contributed by atoms with Crippen molar-refractivity contribution in [2.75, 3.05) is 11.5 Å². The summed E-state index contributed by atoms with van der Waals surface area (Å²) in [7, 11) is 0. The third-order valence-corrected chi connectivity index (χ3v) is 9.13. The van der Waals surface area contributed by atoms with Crippen molar-refractivity contribution in [3.8, 4) is 0 Å². The molecule has 2 aromatic rings. The number of benzene rings is 2. The Hall–Kier alpha value is -0.860. The molecular weight excluding hydrogens is 364 g/mol. The molecule has 0 aliphatic heterocycles. The van der Waals surface area contributed by atoms with E-state index < -0.39 is 0 Å². The van der Waals surface area contributed by atoms with Crippen molar-refractivity contribution in [2.45, 2.75) is 55.7 Å². The van der Waals surface area contributed by atoms with Crippen LogP contribution in [0.3, 0.4) is 0 Å². The fourth-order valence-electron chi connectivity index (χ4n) is 4.92. The zero-order valence-corrected chi connectivity index (χ0v) is 18.3. The van der Waals surface area contributed by atoms with E-state index in [1.165, 1.54) is 64.5 Å². The molecule has 0 aromatic heterocycles. The fraction of sp³-hybridized carbons (Fsp3) is 0.520. The Bertz CT molecular complexity index is 655. The van der Waals surface area contributed by atoms with E-state index in [9.17, 15) is 0 Å². The second kappa shape index (κ2) is 9.09. The molecule has 0 N–H and O–H groups in total. The van der Waals surface area contributed by atoms with Gasteiger partial charge in [0.2, 0.25) is 0 Å². The summed E-state index contributed by atoms with van der Waals surface area (Å²) in [5, 5.41) is 0. The van der Waals surface area contributed by atoms with Gasteiger partial charge in [-0.15, -0.1) is 23.5 Å². The summed E-state index contributed by atoms with van der Waals surface area (Å²) in [6, 6.07) is 18.2. The Balaban J connectivity index is 1.25. The van der Waals surface area contributed by atoms with Gasteiger partial charge in [0.05, 0.1) is 0 Å². The normalized spacial score (nSPS) is 27.5. The molecule has 27 heavy (non-hydrogen) atoms. The van der Waals surface area contributed by atoms with Crippen LogP contribution in [0.5, 0.6) is 0 Å². The summed E-state index contributed by atoms with van der Waals surface area (Å²) in [4.78, 5) is 2.90. The Morgan fingerprint density at radius 3 is 1.44 bits per heavy atom. The SMILES string of the molecule is Cc1ccc(SC[C@H]2CC[C@@H]3C[C@@H]2CC[C@H]3CSc2ccc(C)cc2)cc1. The van der Waals surface area contributed by atoms with E-state index in [0.29, 0.717) is 0 Å². The lowest BCUT2D eigenvalue weighted by molar-refractivity contribution is 0.0933. The molecule has 0 heterocycles. The number of fused-ring (bicyclic) bond motifs is 2. The van der Waals surface area contributed by atoms with Crippen LogP contribution in [0.1, 0.15) is 43.2 Å². The van der Waals surface area contributed by atoms with Gasteiger partial charge in [-0.1, -0.05) is 35.4 Å². The maximum atomic E-state index is 2.30. The van der Waals surface area contributed by atoms with Crippen LogP contribution in [0.2, 0.25) is 0 Å². The monoisotopic (exact) mass is 396 g/mol. The summed E-state index contributed by atoms with van der Waals surface area (Å²) in [6.45, 7) is 4.34. The highest BCUT2D eigenvalue weighted by molar-refractivity contribution is 7.99. The molecule has 144 valence electrons. The lowest BCUT2D eigenvalue weighted by atomic mass is 9.63. The van der Waals surface area contributed by atoms with Crippen molar-refractivity contribution < 1.29 is 0 Å². The van der Waals surface area contributed by atoms with Gasteiger partial charge in [0.25, 0.3) is 0 Å². The van der Waals surface area contributed by atoms with E-state index in [0.717, 1.165) is 23.7 Å². The first-order valence-electron chi connectivity index (χ1n) is 10.6. The van der Waals surface area contributed by atoms with E-state index >= 15 is 0 Å². The van der Waals surface area contributed by atoms with Gasteiger partial charge in [-0.05, 0) is 93.9 Å². The van der Waals surface area contributed by atoms with Crippen LogP contribution in [0.25, 0.3) is 0 Å². The summed E-state index contributed by atoms with van der Waals surface area (Å²) >= 11 is 4.17. The van der Waals surface area contributed by atoms with Crippen LogP contribution < -0.4 is 0 Å². The molecule has 0 radical (unpaired) electrons. The lowest BCUT2D eigenvalue weighted by Crippen LogP contribution is -2.36. The zero-order chi connectivity index (χ0) is 18.6. The average Bonchev–Trinajstić information content (AvgIpc) is 2.69. The first-order chi connectivity index (χ1) is 13.2. The largest absolute Gasteiger partial charge is 0.126 e. The van der Waals surface area contributed by atoms with E-state index in [1.54, 1.807) is 0 Å². The van der Waals surface area contributed by atoms with Gasteiger partial charge in [-0.3, -0.25) is 0 Å². The van der Waals surface area contributed by atoms with Crippen molar-refractivity contribution in [1.82, 2.24) is 0 Å². The molecule has 2 aliphatic rings. The number of rotatable bonds is 6. The third-order valence-electron chi connectivity index (χ3n) is 6.73. The topological polar surface area (TPSA) is 0 Å². The second-order valence-electron chi connectivity index (χ2n) is 8.68. The first-order valence-corrected chi connectivity index (χ1v) is 12.5. The van der Waals surface area contributed by atoms with E-state index in [1.807, 2.05) is 0 Å². The molecule has 0 nitrogen and oxygen atoms in total. The van der Waals surface area contributed by atoms with Gasteiger partial charge >= 0.3 is 0 Å². The van der Waals surface area contributed by atoms with Gasteiger partial charge < -0.3 is 0 Å². The van der Waals surface area contributed by atoms with E-state index in [2.05, 4.69) is 85.9 Å². The molecule has 4 rings (SSSR count). The van der Waals surface area contributed by atoms with Crippen molar-refractivity contribution in [3.63, 3.8) is 0 Å². The Kier molecular flexibility index (Phi) is 6.55. The maximum absolute atomic E-state index is 2.30. The van der Waals surface area contributed by atoms with E-state index in [-0.39, 0.29) is 0 Å². The number of hydrogen-bond acceptors (Lipinski definition) is 2. The lowest BCUT2D eigenvalue weighted by Gasteiger charge is -2.44. The van der Waals surface area contributed by atoms with Gasteiger partial charge in [0.1, 0.15) is 0 Å². The van der Waals surface area contributed by atoms with Crippen LogP contribution in [0.15, 0.2) is 58.3 Å². The molecule has 0 spiro atoms.